The number of esters is 1. The van der Waals surface area contributed by atoms with E-state index in [2.05, 4.69) is 4.74 Å². The number of carbonyl (C=O) groups is 1. The molecule has 0 aromatic rings. The molecule has 0 saturated heterocycles. The lowest BCUT2D eigenvalue weighted by molar-refractivity contribution is -0.145. The number of nitrogens with two attached hydrogens (primary N) is 1. The third-order valence-electron chi connectivity index (χ3n) is 1.05. The molecule has 4 nitrogen and oxygen atoms in total. The maximum Gasteiger partial charge on any atom is 0.319 e. The Balaban J connectivity index is 3.26. The van der Waals surface area contributed by atoms with Gasteiger partial charge in [-0.3, -0.25) is 4.79 Å². The highest BCUT2D eigenvalue weighted by molar-refractivity contribution is 5.71. The molecule has 0 aliphatic carbocycles. The summed E-state index contributed by atoms with van der Waals surface area (Å²) in [5.74, 6) is -0.399. The molecule has 0 aliphatic rings. The predicted molar refractivity (Wildman–Crippen MR) is 36.5 cm³/mol. The van der Waals surface area contributed by atoms with Gasteiger partial charge in [-0.2, -0.15) is 0 Å². The molecule has 0 bridgehead atoms. The summed E-state index contributed by atoms with van der Waals surface area (Å²) in [6.45, 7) is 2.01. The molecule has 0 spiro atoms. The van der Waals surface area contributed by atoms with Crippen LogP contribution in [-0.2, 0) is 14.3 Å². The third kappa shape index (κ3) is 4.29. The van der Waals surface area contributed by atoms with Crippen molar-refractivity contribution in [1.29, 1.82) is 0 Å². The number of hydrogen-bond acceptors (Lipinski definition) is 4. The second-order valence-electron chi connectivity index (χ2n) is 1.93. The van der Waals surface area contributed by atoms with Crippen LogP contribution in [-0.4, -0.2) is 32.3 Å². The zero-order chi connectivity index (χ0) is 7.98. The zero-order valence-electron chi connectivity index (χ0n) is 6.29. The summed E-state index contributed by atoms with van der Waals surface area (Å²) in [5.41, 5.74) is 4.98. The summed E-state index contributed by atoms with van der Waals surface area (Å²) in [7, 11) is 1.56. The van der Waals surface area contributed by atoms with E-state index >= 15 is 0 Å². The highest BCUT2D eigenvalue weighted by Crippen LogP contribution is 1.88. The normalized spacial score (nSPS) is 12.7. The molecule has 0 heterocycles. The molecule has 1 atom stereocenters. The monoisotopic (exact) mass is 147 g/mol. The molecule has 0 fully saturated rings. The SMILES string of the molecule is CO[C@H](C)COC(=O)CN. The van der Waals surface area contributed by atoms with Crippen LogP contribution in [0.4, 0.5) is 0 Å². The van der Waals surface area contributed by atoms with Gasteiger partial charge < -0.3 is 15.2 Å². The van der Waals surface area contributed by atoms with E-state index in [4.69, 9.17) is 10.5 Å². The molecule has 0 aromatic carbocycles. The van der Waals surface area contributed by atoms with E-state index in [1.807, 2.05) is 6.92 Å². The predicted octanol–water partition coefficient (Wildman–Crippen LogP) is -0.477. The number of methoxy groups -OCH3 is 1. The Morgan fingerprint density at radius 1 is 1.70 bits per heavy atom. The van der Waals surface area contributed by atoms with Crippen LogP contribution < -0.4 is 5.73 Å². The molecule has 0 unspecified atom stereocenters. The van der Waals surface area contributed by atoms with Gasteiger partial charge in [0.2, 0.25) is 0 Å². The Kier molecular flexibility index (Phi) is 4.88. The quantitative estimate of drug-likeness (QED) is 0.546. The smallest absolute Gasteiger partial charge is 0.319 e. The van der Waals surface area contributed by atoms with E-state index in [0.717, 1.165) is 0 Å². The molecule has 60 valence electrons. The summed E-state index contributed by atoms with van der Waals surface area (Å²) >= 11 is 0. The van der Waals surface area contributed by atoms with Crippen molar-refractivity contribution in [3.05, 3.63) is 0 Å². The molecule has 0 aromatic heterocycles. The molecule has 0 amide bonds. The molecule has 0 radical (unpaired) electrons. The maximum absolute atomic E-state index is 10.4. The van der Waals surface area contributed by atoms with E-state index in [-0.39, 0.29) is 19.3 Å². The summed E-state index contributed by atoms with van der Waals surface area (Å²) < 4.78 is 9.48. The molecule has 0 rings (SSSR count). The summed E-state index contributed by atoms with van der Waals surface area (Å²) in [6, 6.07) is 0. The van der Waals surface area contributed by atoms with E-state index in [1.54, 1.807) is 7.11 Å². The van der Waals surface area contributed by atoms with Crippen LogP contribution in [0.25, 0.3) is 0 Å². The van der Waals surface area contributed by atoms with Crippen LogP contribution in [0.1, 0.15) is 6.92 Å². The molecular weight excluding hydrogens is 134 g/mol. The van der Waals surface area contributed by atoms with Crippen molar-refractivity contribution in [3.8, 4) is 0 Å². The second kappa shape index (κ2) is 5.20. The van der Waals surface area contributed by atoms with Crippen molar-refractivity contribution in [1.82, 2.24) is 0 Å². The van der Waals surface area contributed by atoms with Gasteiger partial charge in [0.05, 0.1) is 12.6 Å². The first kappa shape index (κ1) is 9.39. The minimum atomic E-state index is -0.399. The van der Waals surface area contributed by atoms with Gasteiger partial charge in [0.25, 0.3) is 0 Å². The zero-order valence-corrected chi connectivity index (χ0v) is 6.29. The first-order chi connectivity index (χ1) is 4.70. The van der Waals surface area contributed by atoms with Crippen molar-refractivity contribution in [2.75, 3.05) is 20.3 Å². The lowest BCUT2D eigenvalue weighted by Crippen LogP contribution is -2.22. The molecule has 4 heteroatoms. The fourth-order valence-electron chi connectivity index (χ4n) is 0.337. The average molecular weight is 147 g/mol. The van der Waals surface area contributed by atoms with Gasteiger partial charge in [-0.1, -0.05) is 0 Å². The Morgan fingerprint density at radius 2 is 2.30 bits per heavy atom. The Hall–Kier alpha value is -0.610. The number of carbonyl (C=O) groups excluding carboxylic acids is 1. The summed E-state index contributed by atoms with van der Waals surface area (Å²) in [5, 5.41) is 0. The van der Waals surface area contributed by atoms with Crippen molar-refractivity contribution in [2.45, 2.75) is 13.0 Å². The van der Waals surface area contributed by atoms with Gasteiger partial charge in [0, 0.05) is 7.11 Å². The highest BCUT2D eigenvalue weighted by atomic mass is 16.6. The number of rotatable bonds is 4. The summed E-state index contributed by atoms with van der Waals surface area (Å²) in [4.78, 5) is 10.4. The Labute approximate surface area is 60.3 Å². The van der Waals surface area contributed by atoms with Crippen LogP contribution in [0, 0.1) is 0 Å². The fourth-order valence-corrected chi connectivity index (χ4v) is 0.337. The van der Waals surface area contributed by atoms with Gasteiger partial charge in [0.15, 0.2) is 0 Å². The van der Waals surface area contributed by atoms with Crippen molar-refractivity contribution in [2.24, 2.45) is 5.73 Å². The lowest BCUT2D eigenvalue weighted by atomic mass is 10.4. The Bertz CT molecular complexity index is 105. The standard InChI is InChI=1S/C6H13NO3/c1-5(9-2)4-10-6(8)3-7/h5H,3-4,7H2,1-2H3/t5-/m1/s1. The lowest BCUT2D eigenvalue weighted by Gasteiger charge is -2.08. The molecule has 0 saturated carbocycles. The van der Waals surface area contributed by atoms with Crippen LogP contribution in [0.15, 0.2) is 0 Å². The first-order valence-electron chi connectivity index (χ1n) is 3.09. The second-order valence-corrected chi connectivity index (χ2v) is 1.93. The molecule has 0 aliphatic heterocycles. The third-order valence-corrected chi connectivity index (χ3v) is 1.05. The van der Waals surface area contributed by atoms with Crippen molar-refractivity contribution >= 4 is 5.97 Å². The van der Waals surface area contributed by atoms with Crippen molar-refractivity contribution < 1.29 is 14.3 Å². The van der Waals surface area contributed by atoms with E-state index in [1.165, 1.54) is 0 Å². The molecular formula is C6H13NO3. The van der Waals surface area contributed by atoms with Crippen LogP contribution in [0.2, 0.25) is 0 Å². The number of ether oxygens (including phenoxy) is 2. The average Bonchev–Trinajstić information content (AvgIpc) is 1.99. The van der Waals surface area contributed by atoms with Crippen LogP contribution in [0.3, 0.4) is 0 Å². The van der Waals surface area contributed by atoms with Gasteiger partial charge in [-0.05, 0) is 6.92 Å². The molecule has 2 N–H and O–H groups in total. The summed E-state index contributed by atoms with van der Waals surface area (Å²) in [6.07, 6.45) is -0.0597. The topological polar surface area (TPSA) is 61.5 Å². The molecule has 10 heavy (non-hydrogen) atoms. The fraction of sp³-hybridized carbons (Fsp3) is 0.833. The maximum atomic E-state index is 10.4. The van der Waals surface area contributed by atoms with E-state index in [0.29, 0.717) is 0 Å². The minimum absolute atomic E-state index is 0.0597. The van der Waals surface area contributed by atoms with Gasteiger partial charge in [-0.25, -0.2) is 0 Å². The van der Waals surface area contributed by atoms with Crippen LogP contribution >= 0.6 is 0 Å². The minimum Gasteiger partial charge on any atom is -0.462 e. The van der Waals surface area contributed by atoms with Crippen molar-refractivity contribution in [3.63, 3.8) is 0 Å². The highest BCUT2D eigenvalue weighted by Gasteiger charge is 2.02. The van der Waals surface area contributed by atoms with Gasteiger partial charge in [0.1, 0.15) is 6.61 Å². The first-order valence-corrected chi connectivity index (χ1v) is 3.09. The van der Waals surface area contributed by atoms with Gasteiger partial charge >= 0.3 is 5.97 Å². The Morgan fingerprint density at radius 3 is 2.70 bits per heavy atom. The van der Waals surface area contributed by atoms with E-state index < -0.39 is 5.97 Å². The van der Waals surface area contributed by atoms with Crippen LogP contribution in [0.5, 0.6) is 0 Å². The van der Waals surface area contributed by atoms with Gasteiger partial charge in [-0.15, -0.1) is 0 Å². The van der Waals surface area contributed by atoms with E-state index in [9.17, 15) is 4.79 Å². The number of hydrogen-bond donors (Lipinski definition) is 1. The largest absolute Gasteiger partial charge is 0.462 e.